The van der Waals surface area contributed by atoms with Gasteiger partial charge < -0.3 is 38.1 Å². The van der Waals surface area contributed by atoms with Crippen LogP contribution in [0.3, 0.4) is 0 Å². The molecule has 66 heavy (non-hydrogen) atoms. The van der Waals surface area contributed by atoms with Crippen LogP contribution in [0.1, 0.15) is 110 Å². The van der Waals surface area contributed by atoms with Crippen LogP contribution >= 0.6 is 24.0 Å². The molecule has 0 aromatic heterocycles. The first kappa shape index (κ1) is 54.1. The molecule has 1 aliphatic heterocycles. The van der Waals surface area contributed by atoms with E-state index >= 15 is 0 Å². The lowest BCUT2D eigenvalue weighted by atomic mass is 9.79. The van der Waals surface area contributed by atoms with Crippen molar-refractivity contribution < 1.29 is 32.7 Å². The molecule has 0 amide bonds. The molecule has 1 fully saturated rings. The monoisotopic (exact) mass is 958 g/mol. The van der Waals surface area contributed by atoms with Crippen LogP contribution in [-0.4, -0.2) is 96.6 Å². The molecule has 0 saturated carbocycles. The van der Waals surface area contributed by atoms with Gasteiger partial charge >= 0.3 is 8.80 Å². The normalized spacial score (nSPS) is 16.3. The van der Waals surface area contributed by atoms with Gasteiger partial charge in [-0.25, -0.2) is 0 Å². The van der Waals surface area contributed by atoms with E-state index < -0.39 is 19.9 Å². The summed E-state index contributed by atoms with van der Waals surface area (Å²) in [4.78, 5) is 0. The SMILES string of the molecule is COCCOCCOCc1ccc(CCC(CC(SC(=S)c2ccccc2)c2ccc(CNCCC[Si](OC)(OC)OC)cc2)c2ccc(CNC3CC(C)(C)N([O])C(C)(C)C3)cc2)cc1. The van der Waals surface area contributed by atoms with Crippen molar-refractivity contribution in [3.8, 4) is 0 Å². The van der Waals surface area contributed by atoms with Gasteiger partial charge in [0.15, 0.2) is 0 Å². The minimum atomic E-state index is -2.58. The zero-order valence-corrected chi connectivity index (χ0v) is 43.4. The van der Waals surface area contributed by atoms with Crippen molar-refractivity contribution in [3.63, 3.8) is 0 Å². The van der Waals surface area contributed by atoms with Crippen LogP contribution in [0.15, 0.2) is 103 Å². The summed E-state index contributed by atoms with van der Waals surface area (Å²) in [6, 6.07) is 38.6. The summed E-state index contributed by atoms with van der Waals surface area (Å²) in [6.07, 6.45) is 5.40. The Morgan fingerprint density at radius 1 is 0.727 bits per heavy atom. The highest BCUT2D eigenvalue weighted by Crippen LogP contribution is 2.42. The predicted molar refractivity (Wildman–Crippen MR) is 274 cm³/mol. The van der Waals surface area contributed by atoms with Gasteiger partial charge in [-0.05, 0) is 118 Å². The third-order valence-corrected chi connectivity index (χ3v) is 17.3. The Morgan fingerprint density at radius 2 is 1.29 bits per heavy atom. The topological polar surface area (TPSA) is 103 Å². The van der Waals surface area contributed by atoms with Gasteiger partial charge in [-0.1, -0.05) is 115 Å². The number of benzene rings is 4. The molecule has 1 aliphatic rings. The maximum atomic E-state index is 13.0. The largest absolute Gasteiger partial charge is 0.500 e. The highest BCUT2D eigenvalue weighted by atomic mass is 32.2. The van der Waals surface area contributed by atoms with Crippen LogP contribution in [-0.2, 0) is 58.8 Å². The van der Waals surface area contributed by atoms with Gasteiger partial charge in [-0.15, -0.1) is 22.0 Å². The Labute approximate surface area is 407 Å². The Bertz CT molecular complexity index is 1960. The van der Waals surface area contributed by atoms with Crippen LogP contribution < -0.4 is 10.6 Å². The van der Waals surface area contributed by atoms with Crippen molar-refractivity contribution in [2.24, 2.45) is 0 Å². The van der Waals surface area contributed by atoms with Crippen LogP contribution in [0.4, 0.5) is 0 Å². The molecule has 4 aromatic carbocycles. The fraction of sp³-hybridized carbons (Fsp3) is 0.528. The molecule has 0 aliphatic carbocycles. The number of methoxy groups -OCH3 is 1. The van der Waals surface area contributed by atoms with Gasteiger partial charge in [-0.3, -0.25) is 0 Å². The fourth-order valence-electron chi connectivity index (χ4n) is 9.04. The Morgan fingerprint density at radius 3 is 1.91 bits per heavy atom. The van der Waals surface area contributed by atoms with Crippen molar-refractivity contribution in [2.45, 2.75) is 120 Å². The molecule has 4 aromatic rings. The zero-order chi connectivity index (χ0) is 47.4. The summed E-state index contributed by atoms with van der Waals surface area (Å²) in [5.41, 5.74) is 7.80. The van der Waals surface area contributed by atoms with Gasteiger partial charge in [0.25, 0.3) is 0 Å². The summed E-state index contributed by atoms with van der Waals surface area (Å²) in [5, 5.41) is 21.8. The van der Waals surface area contributed by atoms with Crippen molar-refractivity contribution in [1.82, 2.24) is 15.7 Å². The van der Waals surface area contributed by atoms with Crippen LogP contribution in [0.25, 0.3) is 0 Å². The minimum Gasteiger partial charge on any atom is -0.382 e. The highest BCUT2D eigenvalue weighted by Gasteiger charge is 2.46. The lowest BCUT2D eigenvalue weighted by Crippen LogP contribution is -2.61. The first-order valence-corrected chi connectivity index (χ1v) is 26.7. The average Bonchev–Trinajstić information content (AvgIpc) is 3.33. The number of thiocarbonyl (C=S) groups is 1. The number of piperidine rings is 1. The maximum absolute atomic E-state index is 13.0. The first-order valence-electron chi connectivity index (χ1n) is 23.5. The summed E-state index contributed by atoms with van der Waals surface area (Å²) in [5.74, 6) is 0.274. The minimum absolute atomic E-state index is 0.137. The van der Waals surface area contributed by atoms with Gasteiger partial charge in [-0.2, -0.15) is 0 Å². The Kier molecular flexibility index (Phi) is 22.4. The van der Waals surface area contributed by atoms with Crippen LogP contribution in [0.2, 0.25) is 6.04 Å². The number of thioether (sulfide) groups is 1. The van der Waals surface area contributed by atoms with E-state index in [4.69, 9.17) is 39.7 Å². The van der Waals surface area contributed by atoms with Gasteiger partial charge in [0.2, 0.25) is 0 Å². The molecule has 1 radical (unpaired) electrons. The van der Waals surface area contributed by atoms with E-state index in [2.05, 4.69) is 135 Å². The maximum Gasteiger partial charge on any atom is 0.500 e. The summed E-state index contributed by atoms with van der Waals surface area (Å²) < 4.78 is 34.2. The van der Waals surface area contributed by atoms with E-state index in [0.29, 0.717) is 33.0 Å². The number of aryl methyl sites for hydroxylation is 1. The van der Waals surface area contributed by atoms with Crippen molar-refractivity contribution in [2.75, 3.05) is 61.4 Å². The van der Waals surface area contributed by atoms with Crippen molar-refractivity contribution in [3.05, 3.63) is 142 Å². The smallest absolute Gasteiger partial charge is 0.382 e. The number of hydrogen-bond donors (Lipinski definition) is 2. The second-order valence-corrected chi connectivity index (χ2v) is 23.6. The second-order valence-electron chi connectivity index (χ2n) is 18.7. The number of nitrogens with zero attached hydrogens (tertiary/aromatic N) is 1. The summed E-state index contributed by atoms with van der Waals surface area (Å²) in [7, 11) is 4.08. The molecule has 5 rings (SSSR count). The van der Waals surface area contributed by atoms with E-state index in [9.17, 15) is 5.21 Å². The molecule has 0 spiro atoms. The molecular formula is C53H76N3O7S2Si. The van der Waals surface area contributed by atoms with E-state index in [-0.39, 0.29) is 17.2 Å². The van der Waals surface area contributed by atoms with Crippen LogP contribution in [0.5, 0.6) is 0 Å². The molecule has 2 unspecified atom stereocenters. The number of hydrogen-bond acceptors (Lipinski definition) is 11. The lowest BCUT2D eigenvalue weighted by molar-refractivity contribution is -0.290. The number of nitrogens with one attached hydrogen (secondary N) is 2. The molecule has 2 N–H and O–H groups in total. The molecular weight excluding hydrogens is 883 g/mol. The van der Waals surface area contributed by atoms with Gasteiger partial charge in [0, 0.05) is 69.9 Å². The Balaban J connectivity index is 1.31. The summed E-state index contributed by atoms with van der Waals surface area (Å²) in [6.45, 7) is 13.4. The molecule has 361 valence electrons. The molecule has 13 heteroatoms. The third-order valence-electron chi connectivity index (χ3n) is 12.7. The van der Waals surface area contributed by atoms with Gasteiger partial charge in [0.05, 0.1) is 37.2 Å². The number of rotatable bonds is 29. The highest BCUT2D eigenvalue weighted by molar-refractivity contribution is 8.23. The number of hydroxylamine groups is 2. The predicted octanol–water partition coefficient (Wildman–Crippen LogP) is 10.6. The van der Waals surface area contributed by atoms with Gasteiger partial charge in [0.1, 0.15) is 0 Å². The van der Waals surface area contributed by atoms with E-state index in [1.54, 1.807) is 40.2 Å². The average molecular weight is 959 g/mol. The Hall–Kier alpha value is -2.86. The van der Waals surface area contributed by atoms with Crippen molar-refractivity contribution >= 4 is 37.0 Å². The molecule has 10 nitrogen and oxygen atoms in total. The standard InChI is InChI=1S/C53H76N3O7S2Si/c1-52(2)36-49(37-53(3,4)56(52)57)55-39-43-20-24-45(25-21-43)48(28-19-41-15-17-44(18-16-41)40-63-33-32-62-31-30-58-5)35-50(65-51(64)47-13-10-9-11-14-47)46-26-22-42(23-27-46)38-54-29-12-34-66(59-6,60-7)61-8/h9-11,13-18,20-27,48-50,54-55H,12,19,28-40H2,1-8H3. The molecule has 1 saturated heterocycles. The van der Waals surface area contributed by atoms with E-state index in [1.807, 2.05) is 6.07 Å². The quantitative estimate of drug-likeness (QED) is 0.0309. The van der Waals surface area contributed by atoms with Crippen LogP contribution in [0, 0.1) is 0 Å². The molecule has 1 heterocycles. The van der Waals surface area contributed by atoms with E-state index in [1.165, 1.54) is 32.9 Å². The second kappa shape index (κ2) is 27.4. The third kappa shape index (κ3) is 17.0. The number of ether oxygens (including phenoxy) is 3. The lowest BCUT2D eigenvalue weighted by Gasteiger charge is -2.50. The zero-order valence-electron chi connectivity index (χ0n) is 40.8. The summed E-state index contributed by atoms with van der Waals surface area (Å²) >= 11 is 7.95. The fourth-order valence-corrected chi connectivity index (χ4v) is 12.4. The van der Waals surface area contributed by atoms with Crippen molar-refractivity contribution in [1.29, 1.82) is 0 Å². The molecule has 0 bridgehead atoms. The molecule has 2 atom stereocenters. The van der Waals surface area contributed by atoms with E-state index in [0.717, 1.165) is 79.5 Å². The first-order chi connectivity index (χ1) is 31.8.